The highest BCUT2D eigenvalue weighted by Gasteiger charge is 2.26. The summed E-state index contributed by atoms with van der Waals surface area (Å²) in [6.07, 6.45) is 1.84. The molecule has 1 aliphatic rings. The number of nitrogens with zero attached hydrogens (tertiary/aromatic N) is 2. The Balaban J connectivity index is 1.55. The molecule has 5 nitrogen and oxygen atoms in total. The van der Waals surface area contributed by atoms with E-state index in [1.807, 2.05) is 24.3 Å². The summed E-state index contributed by atoms with van der Waals surface area (Å²) < 4.78 is 4.76. The van der Waals surface area contributed by atoms with E-state index >= 15 is 0 Å². The molecule has 1 heterocycles. The van der Waals surface area contributed by atoms with Crippen LogP contribution in [-0.4, -0.2) is 66.8 Å². The van der Waals surface area contributed by atoms with Crippen LogP contribution in [0.5, 0.6) is 0 Å². The molecule has 0 aromatic heterocycles. The number of benzene rings is 2. The zero-order valence-corrected chi connectivity index (χ0v) is 16.6. The van der Waals surface area contributed by atoms with Crippen molar-refractivity contribution in [3.05, 3.63) is 71.3 Å². The third-order valence-corrected chi connectivity index (χ3v) is 5.46. The van der Waals surface area contributed by atoms with Gasteiger partial charge in [0.1, 0.15) is 0 Å². The number of ether oxygens (including phenoxy) is 1. The van der Waals surface area contributed by atoms with E-state index in [2.05, 4.69) is 40.1 Å². The van der Waals surface area contributed by atoms with Crippen molar-refractivity contribution in [1.29, 1.82) is 0 Å². The lowest BCUT2D eigenvalue weighted by Crippen LogP contribution is -2.53. The summed E-state index contributed by atoms with van der Waals surface area (Å²) in [4.78, 5) is 16.5. The molecule has 0 bridgehead atoms. The number of carbonyl (C=O) groups is 1. The van der Waals surface area contributed by atoms with Crippen molar-refractivity contribution < 1.29 is 14.6 Å². The third kappa shape index (κ3) is 5.64. The first-order chi connectivity index (χ1) is 13.7. The smallest absolute Gasteiger partial charge is 0.337 e. The summed E-state index contributed by atoms with van der Waals surface area (Å²) in [5.74, 6) is -0.304. The molecule has 0 radical (unpaired) electrons. The van der Waals surface area contributed by atoms with Gasteiger partial charge in [-0.25, -0.2) is 4.79 Å². The summed E-state index contributed by atoms with van der Waals surface area (Å²) >= 11 is 0. The quantitative estimate of drug-likeness (QED) is 0.711. The van der Waals surface area contributed by atoms with Crippen LogP contribution in [0.2, 0.25) is 0 Å². The minimum absolute atomic E-state index is 0.216. The molecule has 1 fully saturated rings. The van der Waals surface area contributed by atoms with Gasteiger partial charge in [0, 0.05) is 45.4 Å². The molecule has 1 aliphatic heterocycles. The number of esters is 1. The molecule has 0 spiro atoms. The van der Waals surface area contributed by atoms with E-state index < -0.39 is 0 Å². The zero-order chi connectivity index (χ0) is 19.8. The van der Waals surface area contributed by atoms with Crippen LogP contribution < -0.4 is 0 Å². The predicted molar refractivity (Wildman–Crippen MR) is 110 cm³/mol. The van der Waals surface area contributed by atoms with Gasteiger partial charge < -0.3 is 9.84 Å². The van der Waals surface area contributed by atoms with E-state index in [-0.39, 0.29) is 12.6 Å². The average molecular weight is 383 g/mol. The van der Waals surface area contributed by atoms with E-state index in [9.17, 15) is 9.90 Å². The van der Waals surface area contributed by atoms with Crippen molar-refractivity contribution in [2.24, 2.45) is 0 Å². The molecule has 1 atom stereocenters. The lowest BCUT2D eigenvalue weighted by Gasteiger charge is -2.41. The van der Waals surface area contributed by atoms with Crippen LogP contribution in [-0.2, 0) is 17.7 Å². The van der Waals surface area contributed by atoms with Gasteiger partial charge in [0.2, 0.25) is 0 Å². The molecule has 28 heavy (non-hydrogen) atoms. The van der Waals surface area contributed by atoms with Gasteiger partial charge >= 0.3 is 5.97 Å². The number of hydrogen-bond acceptors (Lipinski definition) is 5. The third-order valence-electron chi connectivity index (χ3n) is 5.46. The van der Waals surface area contributed by atoms with Gasteiger partial charge in [0.15, 0.2) is 0 Å². The Labute approximate surface area is 167 Å². The van der Waals surface area contributed by atoms with Crippen LogP contribution in [0.25, 0.3) is 0 Å². The fourth-order valence-corrected chi connectivity index (χ4v) is 3.86. The standard InChI is InChI=1S/C23H30N2O3/c1-28-23(27)21-9-7-20(8-10-21)17-24-14-15-25(22(18-24)12-16-26)13-11-19-5-3-2-4-6-19/h2-10,22,26H,11-18H2,1H3/t22-/m1/s1. The zero-order valence-electron chi connectivity index (χ0n) is 16.6. The second kappa shape index (κ2) is 10.4. The Kier molecular flexibility index (Phi) is 7.60. The normalized spacial score (nSPS) is 18.1. The van der Waals surface area contributed by atoms with E-state index in [0.29, 0.717) is 11.6 Å². The summed E-state index contributed by atoms with van der Waals surface area (Å²) in [6, 6.07) is 18.6. The van der Waals surface area contributed by atoms with Crippen molar-refractivity contribution in [2.75, 3.05) is 39.9 Å². The highest BCUT2D eigenvalue weighted by atomic mass is 16.5. The van der Waals surface area contributed by atoms with Crippen molar-refractivity contribution in [3.63, 3.8) is 0 Å². The van der Waals surface area contributed by atoms with Gasteiger partial charge in [0.25, 0.3) is 0 Å². The molecule has 1 saturated heterocycles. The summed E-state index contributed by atoms with van der Waals surface area (Å²) in [5, 5.41) is 9.51. The number of hydrogen-bond donors (Lipinski definition) is 1. The molecule has 2 aromatic rings. The fourth-order valence-electron chi connectivity index (χ4n) is 3.86. The Morgan fingerprint density at radius 3 is 2.50 bits per heavy atom. The number of methoxy groups -OCH3 is 1. The molecule has 150 valence electrons. The summed E-state index contributed by atoms with van der Waals surface area (Å²) in [5.41, 5.74) is 3.13. The minimum atomic E-state index is -0.304. The molecule has 0 saturated carbocycles. The molecular weight excluding hydrogens is 352 g/mol. The summed E-state index contributed by atoms with van der Waals surface area (Å²) in [6.45, 7) is 5.07. The molecule has 0 amide bonds. The van der Waals surface area contributed by atoms with Crippen molar-refractivity contribution in [1.82, 2.24) is 9.80 Å². The lowest BCUT2D eigenvalue weighted by atomic mass is 10.1. The number of aliphatic hydroxyl groups is 1. The van der Waals surface area contributed by atoms with Crippen LogP contribution in [0.3, 0.4) is 0 Å². The fraction of sp³-hybridized carbons (Fsp3) is 0.435. The lowest BCUT2D eigenvalue weighted by molar-refractivity contribution is 0.0562. The molecule has 1 N–H and O–H groups in total. The molecule has 3 rings (SSSR count). The van der Waals surface area contributed by atoms with Crippen molar-refractivity contribution >= 4 is 5.97 Å². The second-order valence-corrected chi connectivity index (χ2v) is 7.36. The van der Waals surface area contributed by atoms with Crippen LogP contribution in [0.1, 0.15) is 27.9 Å². The number of aliphatic hydroxyl groups excluding tert-OH is 1. The van der Waals surface area contributed by atoms with Gasteiger partial charge in [0.05, 0.1) is 12.7 Å². The molecule has 0 aliphatic carbocycles. The maximum atomic E-state index is 11.6. The van der Waals surface area contributed by atoms with Gasteiger partial charge in [-0.15, -0.1) is 0 Å². The molecular formula is C23H30N2O3. The first-order valence-corrected chi connectivity index (χ1v) is 9.98. The van der Waals surface area contributed by atoms with Gasteiger partial charge in [-0.3, -0.25) is 9.80 Å². The topological polar surface area (TPSA) is 53.0 Å². The van der Waals surface area contributed by atoms with Gasteiger partial charge in [-0.05, 0) is 36.1 Å². The maximum Gasteiger partial charge on any atom is 0.337 e. The SMILES string of the molecule is COC(=O)c1ccc(CN2CCN(CCc3ccccc3)[C@H](CCO)C2)cc1. The van der Waals surface area contributed by atoms with Crippen LogP contribution in [0.4, 0.5) is 0 Å². The second-order valence-electron chi connectivity index (χ2n) is 7.36. The Morgan fingerprint density at radius 2 is 1.82 bits per heavy atom. The number of piperazine rings is 1. The largest absolute Gasteiger partial charge is 0.465 e. The maximum absolute atomic E-state index is 11.6. The Bertz CT molecular complexity index is 733. The summed E-state index contributed by atoms with van der Waals surface area (Å²) in [7, 11) is 1.40. The monoisotopic (exact) mass is 382 g/mol. The highest BCUT2D eigenvalue weighted by molar-refractivity contribution is 5.89. The van der Waals surface area contributed by atoms with Crippen molar-refractivity contribution in [3.8, 4) is 0 Å². The van der Waals surface area contributed by atoms with Crippen molar-refractivity contribution in [2.45, 2.75) is 25.4 Å². The van der Waals surface area contributed by atoms with Crippen LogP contribution >= 0.6 is 0 Å². The van der Waals surface area contributed by atoms with Crippen LogP contribution in [0.15, 0.2) is 54.6 Å². The Hall–Kier alpha value is -2.21. The van der Waals surface area contributed by atoms with E-state index in [0.717, 1.165) is 45.6 Å². The first kappa shape index (κ1) is 20.5. The Morgan fingerprint density at radius 1 is 1.07 bits per heavy atom. The van der Waals surface area contributed by atoms with E-state index in [1.165, 1.54) is 18.2 Å². The number of rotatable bonds is 8. The van der Waals surface area contributed by atoms with Gasteiger partial charge in [-0.2, -0.15) is 0 Å². The minimum Gasteiger partial charge on any atom is -0.465 e. The first-order valence-electron chi connectivity index (χ1n) is 9.98. The van der Waals surface area contributed by atoms with Crippen LogP contribution in [0, 0.1) is 0 Å². The van der Waals surface area contributed by atoms with E-state index in [1.54, 1.807) is 0 Å². The molecule has 2 aromatic carbocycles. The molecule has 0 unspecified atom stereocenters. The average Bonchev–Trinajstić information content (AvgIpc) is 2.74. The number of carbonyl (C=O) groups excluding carboxylic acids is 1. The molecule has 5 heteroatoms. The van der Waals surface area contributed by atoms with E-state index in [4.69, 9.17) is 4.74 Å². The van der Waals surface area contributed by atoms with Gasteiger partial charge in [-0.1, -0.05) is 42.5 Å². The predicted octanol–water partition coefficient (Wildman–Crippen LogP) is 2.58. The highest BCUT2D eigenvalue weighted by Crippen LogP contribution is 2.17.